The second-order valence-electron chi connectivity index (χ2n) is 4.09. The van der Waals surface area contributed by atoms with E-state index in [1.54, 1.807) is 13.8 Å². The number of ketones is 1. The van der Waals surface area contributed by atoms with E-state index in [0.29, 0.717) is 16.4 Å². The van der Waals surface area contributed by atoms with Crippen molar-refractivity contribution in [2.24, 2.45) is 5.92 Å². The van der Waals surface area contributed by atoms with Crippen LogP contribution in [0.2, 0.25) is 0 Å². The van der Waals surface area contributed by atoms with Gasteiger partial charge in [0, 0.05) is 12.5 Å². The van der Waals surface area contributed by atoms with Gasteiger partial charge in [-0.2, -0.15) is 0 Å². The highest BCUT2D eigenvalue weighted by atomic mass is 32.1. The van der Waals surface area contributed by atoms with Crippen LogP contribution in [-0.4, -0.2) is 25.4 Å². The number of hydrogen-bond acceptors (Lipinski definition) is 6. The molecule has 0 aromatic carbocycles. The molecule has 0 bridgehead atoms. The van der Waals surface area contributed by atoms with Crippen LogP contribution in [0.1, 0.15) is 40.8 Å². The topological polar surface area (TPSA) is 81.4 Å². The third kappa shape index (κ3) is 2.64. The zero-order chi connectivity index (χ0) is 13.9. The number of carbonyl (C=O) groups excluding carboxylic acids is 2. The summed E-state index contributed by atoms with van der Waals surface area (Å²) in [4.78, 5) is 24.1. The number of thiophene rings is 1. The van der Waals surface area contributed by atoms with E-state index in [4.69, 9.17) is 10.5 Å². The summed E-state index contributed by atoms with van der Waals surface area (Å²) in [7, 11) is 1.29. The van der Waals surface area contributed by atoms with Crippen molar-refractivity contribution in [1.29, 1.82) is 0 Å². The molecule has 0 aliphatic heterocycles. The van der Waals surface area contributed by atoms with Gasteiger partial charge in [0.25, 0.3) is 0 Å². The zero-order valence-corrected chi connectivity index (χ0v) is 11.8. The number of hydrogen-bond donors (Lipinski definition) is 2. The zero-order valence-electron chi connectivity index (χ0n) is 11.0. The van der Waals surface area contributed by atoms with E-state index in [0.717, 1.165) is 0 Å². The standard InChI is InChI=1S/C12H18N2O3S/c1-5-14-11-7(12(16)17-4)8(13)10(18-11)9(15)6(2)3/h6,14H,5,13H2,1-4H3. The van der Waals surface area contributed by atoms with Crippen LogP contribution >= 0.6 is 11.3 Å². The van der Waals surface area contributed by atoms with Crippen molar-refractivity contribution in [2.45, 2.75) is 20.8 Å². The molecule has 1 heterocycles. The van der Waals surface area contributed by atoms with Gasteiger partial charge in [0.2, 0.25) is 0 Å². The second kappa shape index (κ2) is 5.86. The number of carbonyl (C=O) groups is 2. The number of nitrogens with two attached hydrogens (primary N) is 1. The van der Waals surface area contributed by atoms with Gasteiger partial charge in [0.05, 0.1) is 17.7 Å². The molecule has 1 rings (SSSR count). The molecule has 1 aromatic heterocycles. The molecule has 0 saturated heterocycles. The highest BCUT2D eigenvalue weighted by molar-refractivity contribution is 7.19. The van der Waals surface area contributed by atoms with Crippen LogP contribution in [0.3, 0.4) is 0 Å². The number of esters is 1. The first-order valence-corrected chi connectivity index (χ1v) is 6.54. The summed E-state index contributed by atoms with van der Waals surface area (Å²) in [5, 5.41) is 3.62. The molecule has 0 fully saturated rings. The van der Waals surface area contributed by atoms with Gasteiger partial charge < -0.3 is 15.8 Å². The maximum Gasteiger partial charge on any atom is 0.343 e. The number of methoxy groups -OCH3 is 1. The molecule has 3 N–H and O–H groups in total. The molecule has 0 amide bonds. The lowest BCUT2D eigenvalue weighted by Gasteiger charge is -2.04. The normalized spacial score (nSPS) is 10.5. The average Bonchev–Trinajstić information content (AvgIpc) is 2.65. The largest absolute Gasteiger partial charge is 0.465 e. The lowest BCUT2D eigenvalue weighted by molar-refractivity contribution is 0.0603. The number of ether oxygens (including phenoxy) is 1. The van der Waals surface area contributed by atoms with Gasteiger partial charge in [-0.3, -0.25) is 4.79 Å². The Morgan fingerprint density at radius 3 is 2.50 bits per heavy atom. The molecule has 0 saturated carbocycles. The summed E-state index contributed by atoms with van der Waals surface area (Å²) in [6.07, 6.45) is 0. The van der Waals surface area contributed by atoms with Gasteiger partial charge in [-0.05, 0) is 6.92 Å². The molecule has 100 valence electrons. The number of Topliss-reactive ketones (excluding diaryl/α,β-unsaturated/α-hetero) is 1. The minimum atomic E-state index is -0.525. The fourth-order valence-corrected chi connectivity index (χ4v) is 2.74. The van der Waals surface area contributed by atoms with Crippen LogP contribution in [0, 0.1) is 5.92 Å². The molecule has 1 aromatic rings. The predicted octanol–water partition coefficient (Wildman–Crippen LogP) is 2.39. The van der Waals surface area contributed by atoms with E-state index in [-0.39, 0.29) is 23.0 Å². The van der Waals surface area contributed by atoms with Gasteiger partial charge in [0.15, 0.2) is 5.78 Å². The van der Waals surface area contributed by atoms with Crippen LogP contribution in [0.5, 0.6) is 0 Å². The van der Waals surface area contributed by atoms with E-state index in [1.165, 1.54) is 18.4 Å². The fraction of sp³-hybridized carbons (Fsp3) is 0.500. The molecule has 6 heteroatoms. The summed E-state index contributed by atoms with van der Waals surface area (Å²) in [5.74, 6) is -0.750. The lowest BCUT2D eigenvalue weighted by Crippen LogP contribution is -2.10. The highest BCUT2D eigenvalue weighted by Crippen LogP contribution is 2.37. The average molecular weight is 270 g/mol. The Morgan fingerprint density at radius 2 is 2.06 bits per heavy atom. The molecule has 0 atom stereocenters. The minimum absolute atomic E-state index is 0.0631. The van der Waals surface area contributed by atoms with Gasteiger partial charge >= 0.3 is 5.97 Å². The van der Waals surface area contributed by atoms with Crippen LogP contribution in [0.4, 0.5) is 10.7 Å². The number of nitrogen functional groups attached to an aromatic ring is 1. The van der Waals surface area contributed by atoms with E-state index in [2.05, 4.69) is 5.32 Å². The monoisotopic (exact) mass is 270 g/mol. The highest BCUT2D eigenvalue weighted by Gasteiger charge is 2.26. The third-order valence-electron chi connectivity index (χ3n) is 2.42. The van der Waals surface area contributed by atoms with Crippen molar-refractivity contribution in [3.63, 3.8) is 0 Å². The minimum Gasteiger partial charge on any atom is -0.465 e. The van der Waals surface area contributed by atoms with Crippen molar-refractivity contribution in [3.05, 3.63) is 10.4 Å². The molecular weight excluding hydrogens is 252 g/mol. The number of rotatable bonds is 5. The maximum absolute atomic E-state index is 12.0. The van der Waals surface area contributed by atoms with Crippen molar-refractivity contribution in [1.82, 2.24) is 0 Å². The van der Waals surface area contributed by atoms with Crippen molar-refractivity contribution >= 4 is 33.8 Å². The van der Waals surface area contributed by atoms with E-state index in [9.17, 15) is 9.59 Å². The van der Waals surface area contributed by atoms with Gasteiger partial charge in [-0.15, -0.1) is 11.3 Å². The summed E-state index contributed by atoms with van der Waals surface area (Å²) >= 11 is 1.20. The summed E-state index contributed by atoms with van der Waals surface area (Å²) in [5.41, 5.74) is 6.37. The summed E-state index contributed by atoms with van der Waals surface area (Å²) in [6.45, 7) is 6.14. The molecule has 0 unspecified atom stereocenters. The first-order valence-electron chi connectivity index (χ1n) is 5.72. The van der Waals surface area contributed by atoms with Gasteiger partial charge in [-0.25, -0.2) is 4.79 Å². The van der Waals surface area contributed by atoms with Crippen molar-refractivity contribution in [3.8, 4) is 0 Å². The molecule has 0 aliphatic carbocycles. The Balaban J connectivity index is 3.32. The Bertz CT molecular complexity index is 466. The molecule has 5 nitrogen and oxygen atoms in total. The maximum atomic E-state index is 12.0. The number of nitrogens with one attached hydrogen (secondary N) is 1. The molecule has 0 spiro atoms. The Labute approximate surface area is 110 Å². The summed E-state index contributed by atoms with van der Waals surface area (Å²) in [6, 6.07) is 0. The van der Waals surface area contributed by atoms with E-state index >= 15 is 0 Å². The van der Waals surface area contributed by atoms with Crippen LogP contribution in [0.15, 0.2) is 0 Å². The van der Waals surface area contributed by atoms with Crippen molar-refractivity contribution < 1.29 is 14.3 Å². The van der Waals surface area contributed by atoms with Gasteiger partial charge in [0.1, 0.15) is 10.6 Å². The molecule has 0 aliphatic rings. The Hall–Kier alpha value is -1.56. The van der Waals surface area contributed by atoms with Crippen LogP contribution in [0.25, 0.3) is 0 Å². The van der Waals surface area contributed by atoms with Crippen LogP contribution < -0.4 is 11.1 Å². The van der Waals surface area contributed by atoms with Crippen LogP contribution in [-0.2, 0) is 4.74 Å². The Kier molecular flexibility index (Phi) is 4.72. The predicted molar refractivity (Wildman–Crippen MR) is 73.4 cm³/mol. The SMILES string of the molecule is CCNc1sc(C(=O)C(C)C)c(N)c1C(=O)OC. The van der Waals surface area contributed by atoms with E-state index in [1.807, 2.05) is 6.92 Å². The molecular formula is C12H18N2O3S. The quantitative estimate of drug-likeness (QED) is 0.634. The van der Waals surface area contributed by atoms with E-state index < -0.39 is 5.97 Å². The first kappa shape index (κ1) is 14.5. The smallest absolute Gasteiger partial charge is 0.343 e. The number of anilines is 2. The van der Waals surface area contributed by atoms with Crippen molar-refractivity contribution in [2.75, 3.05) is 24.7 Å². The summed E-state index contributed by atoms with van der Waals surface area (Å²) < 4.78 is 4.69. The fourth-order valence-electron chi connectivity index (χ4n) is 1.48. The molecule has 0 radical (unpaired) electrons. The first-order chi connectivity index (χ1) is 8.43. The second-order valence-corrected chi connectivity index (χ2v) is 5.11. The lowest BCUT2D eigenvalue weighted by atomic mass is 10.1. The third-order valence-corrected chi connectivity index (χ3v) is 3.60. The van der Waals surface area contributed by atoms with Gasteiger partial charge in [-0.1, -0.05) is 13.8 Å². The molecule has 18 heavy (non-hydrogen) atoms. The Morgan fingerprint density at radius 1 is 1.44 bits per heavy atom.